The van der Waals surface area contributed by atoms with E-state index in [1.54, 1.807) is 24.4 Å². The first kappa shape index (κ1) is 11.4. The van der Waals surface area contributed by atoms with E-state index in [9.17, 15) is 4.79 Å². The third kappa shape index (κ3) is 2.75. The molecule has 5 heteroatoms. The van der Waals surface area contributed by atoms with Crippen LogP contribution in [0.15, 0.2) is 23.3 Å². The van der Waals surface area contributed by atoms with Crippen LogP contribution in [0.5, 0.6) is 11.5 Å². The molecule has 0 radical (unpaired) electrons. The van der Waals surface area contributed by atoms with Crippen LogP contribution in [0.1, 0.15) is 30.1 Å². The Balaban J connectivity index is 2.00. The number of hydrogen-bond donors (Lipinski definition) is 1. The number of hydrogen-bond acceptors (Lipinski definition) is 4. The average Bonchev–Trinajstić information content (AvgIpc) is 2.81. The SMILES string of the molecule is CCC/C=N/NC(=O)c1ccc2c(c1)OCO2. The number of benzene rings is 1. The summed E-state index contributed by atoms with van der Waals surface area (Å²) >= 11 is 0. The number of hydrazone groups is 1. The van der Waals surface area contributed by atoms with Gasteiger partial charge < -0.3 is 9.47 Å². The summed E-state index contributed by atoms with van der Waals surface area (Å²) in [7, 11) is 0. The maximum Gasteiger partial charge on any atom is 0.271 e. The Morgan fingerprint density at radius 2 is 2.29 bits per heavy atom. The largest absolute Gasteiger partial charge is 0.454 e. The predicted molar refractivity (Wildman–Crippen MR) is 63.4 cm³/mol. The van der Waals surface area contributed by atoms with Crippen molar-refractivity contribution >= 4 is 12.1 Å². The number of nitrogens with zero attached hydrogens (tertiary/aromatic N) is 1. The first-order chi connectivity index (χ1) is 8.31. The Bertz CT molecular complexity index is 443. The molecular weight excluding hydrogens is 220 g/mol. The summed E-state index contributed by atoms with van der Waals surface area (Å²) in [5.74, 6) is 1.00. The zero-order chi connectivity index (χ0) is 12.1. The molecule has 1 heterocycles. The quantitative estimate of drug-likeness (QED) is 0.639. The molecule has 90 valence electrons. The van der Waals surface area contributed by atoms with Gasteiger partial charge in [0.25, 0.3) is 5.91 Å². The van der Waals surface area contributed by atoms with Crippen molar-refractivity contribution in [2.75, 3.05) is 6.79 Å². The average molecular weight is 234 g/mol. The van der Waals surface area contributed by atoms with Crippen molar-refractivity contribution < 1.29 is 14.3 Å². The molecule has 0 saturated heterocycles. The molecule has 0 spiro atoms. The normalized spacial score (nSPS) is 13.0. The van der Waals surface area contributed by atoms with Crippen LogP contribution in [0, 0.1) is 0 Å². The first-order valence-corrected chi connectivity index (χ1v) is 5.52. The number of ether oxygens (including phenoxy) is 2. The van der Waals surface area contributed by atoms with Crippen LogP contribution in [-0.2, 0) is 0 Å². The third-order valence-electron chi connectivity index (χ3n) is 2.31. The molecule has 1 aromatic rings. The van der Waals surface area contributed by atoms with E-state index in [4.69, 9.17) is 9.47 Å². The highest BCUT2D eigenvalue weighted by Gasteiger charge is 2.15. The fourth-order valence-corrected chi connectivity index (χ4v) is 1.40. The molecule has 1 aliphatic rings. The fourth-order valence-electron chi connectivity index (χ4n) is 1.40. The molecule has 1 aliphatic heterocycles. The highest BCUT2D eigenvalue weighted by Crippen LogP contribution is 2.32. The van der Waals surface area contributed by atoms with Gasteiger partial charge in [-0.25, -0.2) is 5.43 Å². The van der Waals surface area contributed by atoms with Crippen molar-refractivity contribution in [3.63, 3.8) is 0 Å². The molecule has 17 heavy (non-hydrogen) atoms. The molecule has 0 unspecified atom stereocenters. The molecule has 5 nitrogen and oxygen atoms in total. The summed E-state index contributed by atoms with van der Waals surface area (Å²) in [6, 6.07) is 5.04. The lowest BCUT2D eigenvalue weighted by Gasteiger charge is -2.01. The fraction of sp³-hybridized carbons (Fsp3) is 0.333. The number of rotatable bonds is 4. The lowest BCUT2D eigenvalue weighted by Crippen LogP contribution is -2.17. The van der Waals surface area contributed by atoms with E-state index in [0.29, 0.717) is 17.1 Å². The van der Waals surface area contributed by atoms with E-state index in [2.05, 4.69) is 10.5 Å². The van der Waals surface area contributed by atoms with Gasteiger partial charge in [0, 0.05) is 11.8 Å². The van der Waals surface area contributed by atoms with Crippen molar-refractivity contribution in [1.82, 2.24) is 5.43 Å². The second-order valence-corrected chi connectivity index (χ2v) is 3.61. The minimum absolute atomic E-state index is 0.203. The van der Waals surface area contributed by atoms with E-state index < -0.39 is 0 Å². The van der Waals surface area contributed by atoms with Gasteiger partial charge in [-0.15, -0.1) is 0 Å². The molecule has 2 rings (SSSR count). The van der Waals surface area contributed by atoms with Crippen LogP contribution in [0.2, 0.25) is 0 Å². The lowest BCUT2D eigenvalue weighted by atomic mass is 10.2. The molecule has 0 saturated carbocycles. The molecule has 0 bridgehead atoms. The molecule has 1 N–H and O–H groups in total. The Morgan fingerprint density at radius 3 is 3.12 bits per heavy atom. The molecule has 0 aliphatic carbocycles. The van der Waals surface area contributed by atoms with Gasteiger partial charge in [0.15, 0.2) is 11.5 Å². The highest BCUT2D eigenvalue weighted by atomic mass is 16.7. The van der Waals surface area contributed by atoms with E-state index >= 15 is 0 Å². The maximum absolute atomic E-state index is 11.7. The third-order valence-corrected chi connectivity index (χ3v) is 2.31. The highest BCUT2D eigenvalue weighted by molar-refractivity contribution is 5.95. The molecule has 0 fully saturated rings. The monoisotopic (exact) mass is 234 g/mol. The van der Waals surface area contributed by atoms with Crippen LogP contribution in [0.4, 0.5) is 0 Å². The van der Waals surface area contributed by atoms with Gasteiger partial charge >= 0.3 is 0 Å². The van der Waals surface area contributed by atoms with Gasteiger partial charge in [0.05, 0.1) is 0 Å². The summed E-state index contributed by atoms with van der Waals surface area (Å²) in [4.78, 5) is 11.7. The van der Waals surface area contributed by atoms with Gasteiger partial charge in [-0.1, -0.05) is 13.3 Å². The number of fused-ring (bicyclic) bond motifs is 1. The van der Waals surface area contributed by atoms with Crippen LogP contribution in [0.3, 0.4) is 0 Å². The zero-order valence-corrected chi connectivity index (χ0v) is 9.60. The van der Waals surface area contributed by atoms with Crippen molar-refractivity contribution in [1.29, 1.82) is 0 Å². The summed E-state index contributed by atoms with van der Waals surface area (Å²) in [5, 5.41) is 3.83. The summed E-state index contributed by atoms with van der Waals surface area (Å²) < 4.78 is 10.4. The second kappa shape index (κ2) is 5.34. The second-order valence-electron chi connectivity index (χ2n) is 3.61. The van der Waals surface area contributed by atoms with Crippen molar-refractivity contribution in [2.24, 2.45) is 5.10 Å². The van der Waals surface area contributed by atoms with Gasteiger partial charge in [-0.3, -0.25) is 4.79 Å². The van der Waals surface area contributed by atoms with Gasteiger partial charge in [0.2, 0.25) is 6.79 Å². The number of unbranched alkanes of at least 4 members (excludes halogenated alkanes) is 1. The van der Waals surface area contributed by atoms with E-state index in [1.165, 1.54) is 0 Å². The number of amides is 1. The number of carbonyl (C=O) groups is 1. The zero-order valence-electron chi connectivity index (χ0n) is 9.60. The standard InChI is InChI=1S/C12H14N2O3/c1-2-3-6-13-14-12(15)9-4-5-10-11(7-9)17-8-16-10/h4-7H,2-3,8H2,1H3,(H,14,15)/b13-6+. The van der Waals surface area contributed by atoms with E-state index in [-0.39, 0.29) is 12.7 Å². The summed E-state index contributed by atoms with van der Waals surface area (Å²) in [6.45, 7) is 2.25. The van der Waals surface area contributed by atoms with Crippen LogP contribution < -0.4 is 14.9 Å². The lowest BCUT2D eigenvalue weighted by molar-refractivity contribution is 0.0954. The molecule has 0 atom stereocenters. The Kier molecular flexibility index (Phi) is 3.59. The summed E-state index contributed by atoms with van der Waals surface area (Å²) in [6.07, 6.45) is 3.54. The molecule has 1 aromatic carbocycles. The van der Waals surface area contributed by atoms with E-state index in [1.807, 2.05) is 6.92 Å². The van der Waals surface area contributed by atoms with Crippen molar-refractivity contribution in [3.8, 4) is 11.5 Å². The summed E-state index contributed by atoms with van der Waals surface area (Å²) in [5.41, 5.74) is 2.96. The number of carbonyl (C=O) groups excluding carboxylic acids is 1. The first-order valence-electron chi connectivity index (χ1n) is 5.52. The van der Waals surface area contributed by atoms with Gasteiger partial charge in [0.1, 0.15) is 0 Å². The number of nitrogens with one attached hydrogen (secondary N) is 1. The molecular formula is C12H14N2O3. The Labute approximate surface area is 99.4 Å². The Morgan fingerprint density at radius 1 is 1.47 bits per heavy atom. The van der Waals surface area contributed by atoms with Gasteiger partial charge in [-0.05, 0) is 24.6 Å². The van der Waals surface area contributed by atoms with E-state index in [0.717, 1.165) is 12.8 Å². The van der Waals surface area contributed by atoms with Crippen LogP contribution in [0.25, 0.3) is 0 Å². The molecule has 0 aromatic heterocycles. The van der Waals surface area contributed by atoms with Crippen molar-refractivity contribution in [2.45, 2.75) is 19.8 Å². The van der Waals surface area contributed by atoms with Crippen LogP contribution in [-0.4, -0.2) is 18.9 Å². The predicted octanol–water partition coefficient (Wildman–Crippen LogP) is 1.93. The smallest absolute Gasteiger partial charge is 0.271 e. The maximum atomic E-state index is 11.7. The molecule has 1 amide bonds. The minimum Gasteiger partial charge on any atom is -0.454 e. The van der Waals surface area contributed by atoms with Crippen molar-refractivity contribution in [3.05, 3.63) is 23.8 Å². The van der Waals surface area contributed by atoms with Crippen LogP contribution >= 0.6 is 0 Å². The minimum atomic E-state index is -0.254. The topological polar surface area (TPSA) is 59.9 Å². The van der Waals surface area contributed by atoms with Gasteiger partial charge in [-0.2, -0.15) is 5.10 Å². The Hall–Kier alpha value is -2.04.